The largest absolute Gasteiger partial charge is 0.481 e. The lowest BCUT2D eigenvalue weighted by Crippen LogP contribution is -2.34. The summed E-state index contributed by atoms with van der Waals surface area (Å²) in [5, 5.41) is 9.16. The molecule has 0 amide bonds. The molecule has 1 rings (SSSR count). The molecule has 1 aliphatic rings. The average Bonchev–Trinajstić information content (AvgIpc) is 2.59. The molecule has 1 aliphatic heterocycles. The second kappa shape index (κ2) is 4.60. The first-order valence-electron chi connectivity index (χ1n) is 5.21. The van der Waals surface area contributed by atoms with Crippen molar-refractivity contribution >= 4 is 5.97 Å². The fraction of sp³-hybridized carbons (Fsp3) is 0.727. The Kier molecular flexibility index (Phi) is 3.69. The van der Waals surface area contributed by atoms with Crippen molar-refractivity contribution in [1.29, 1.82) is 0 Å². The molecule has 0 aliphatic carbocycles. The molecule has 14 heavy (non-hydrogen) atoms. The molecular formula is C11H19NO2. The lowest BCUT2D eigenvalue weighted by atomic mass is 9.84. The van der Waals surface area contributed by atoms with Gasteiger partial charge in [-0.2, -0.15) is 0 Å². The Hall–Kier alpha value is -0.830. The van der Waals surface area contributed by atoms with Gasteiger partial charge in [-0.25, -0.2) is 0 Å². The normalized spacial score (nSPS) is 27.8. The molecule has 0 aromatic carbocycles. The van der Waals surface area contributed by atoms with Crippen molar-refractivity contribution in [2.45, 2.75) is 26.2 Å². The van der Waals surface area contributed by atoms with Gasteiger partial charge in [0.1, 0.15) is 0 Å². The molecule has 80 valence electrons. The van der Waals surface area contributed by atoms with Crippen LogP contribution in [0.15, 0.2) is 12.7 Å². The number of hydrogen-bond donors (Lipinski definition) is 1. The van der Waals surface area contributed by atoms with Crippen LogP contribution in [0, 0.1) is 5.41 Å². The van der Waals surface area contributed by atoms with Crippen molar-refractivity contribution in [3.05, 3.63) is 12.7 Å². The number of nitrogens with zero attached hydrogens (tertiary/aromatic N) is 1. The van der Waals surface area contributed by atoms with Gasteiger partial charge in [-0.1, -0.05) is 13.0 Å². The molecule has 3 heteroatoms. The Morgan fingerprint density at radius 2 is 2.43 bits per heavy atom. The summed E-state index contributed by atoms with van der Waals surface area (Å²) < 4.78 is 0. The molecule has 0 saturated carbocycles. The fourth-order valence-corrected chi connectivity index (χ4v) is 2.04. The zero-order chi connectivity index (χ0) is 10.6. The van der Waals surface area contributed by atoms with Crippen LogP contribution in [0.1, 0.15) is 26.2 Å². The summed E-state index contributed by atoms with van der Waals surface area (Å²) in [4.78, 5) is 13.3. The van der Waals surface area contributed by atoms with Crippen molar-refractivity contribution in [3.63, 3.8) is 0 Å². The van der Waals surface area contributed by atoms with E-state index in [9.17, 15) is 4.79 Å². The highest BCUT2D eigenvalue weighted by molar-refractivity contribution is 5.75. The molecular weight excluding hydrogens is 178 g/mol. The molecule has 1 unspecified atom stereocenters. The maximum Gasteiger partial charge on any atom is 0.310 e. The van der Waals surface area contributed by atoms with E-state index < -0.39 is 11.4 Å². The quantitative estimate of drug-likeness (QED) is 0.683. The van der Waals surface area contributed by atoms with E-state index in [0.717, 1.165) is 32.4 Å². The van der Waals surface area contributed by atoms with E-state index in [1.165, 1.54) is 0 Å². The minimum atomic E-state index is -0.638. The van der Waals surface area contributed by atoms with Crippen LogP contribution in [0.25, 0.3) is 0 Å². The minimum Gasteiger partial charge on any atom is -0.481 e. The molecule has 0 bridgehead atoms. The summed E-state index contributed by atoms with van der Waals surface area (Å²) in [5.74, 6) is -0.638. The summed E-state index contributed by atoms with van der Waals surface area (Å²) in [7, 11) is 0. The lowest BCUT2D eigenvalue weighted by Gasteiger charge is -2.22. The second-order valence-corrected chi connectivity index (χ2v) is 4.04. The molecule has 1 N–H and O–H groups in total. The molecule has 1 saturated heterocycles. The van der Waals surface area contributed by atoms with E-state index in [0.29, 0.717) is 6.54 Å². The van der Waals surface area contributed by atoms with Crippen LogP contribution in [-0.4, -0.2) is 35.6 Å². The van der Waals surface area contributed by atoms with Crippen molar-refractivity contribution < 1.29 is 9.90 Å². The van der Waals surface area contributed by atoms with Crippen molar-refractivity contribution in [3.8, 4) is 0 Å². The SMILES string of the molecule is C=CCCN1CCC(CC)(C(=O)O)C1. The molecule has 0 radical (unpaired) electrons. The number of carboxylic acid groups (broad SMARTS) is 1. The van der Waals surface area contributed by atoms with Gasteiger partial charge in [0.25, 0.3) is 0 Å². The highest BCUT2D eigenvalue weighted by atomic mass is 16.4. The maximum atomic E-state index is 11.1. The number of carbonyl (C=O) groups is 1. The van der Waals surface area contributed by atoms with Crippen LogP contribution < -0.4 is 0 Å². The third kappa shape index (κ3) is 2.15. The number of rotatable bonds is 5. The zero-order valence-corrected chi connectivity index (χ0v) is 8.83. The maximum absolute atomic E-state index is 11.1. The first-order chi connectivity index (χ1) is 6.64. The molecule has 0 aromatic heterocycles. The van der Waals surface area contributed by atoms with E-state index in [4.69, 9.17) is 5.11 Å². The summed E-state index contributed by atoms with van der Waals surface area (Å²) in [6, 6.07) is 0. The Morgan fingerprint density at radius 1 is 1.71 bits per heavy atom. The van der Waals surface area contributed by atoms with E-state index in [2.05, 4.69) is 11.5 Å². The summed E-state index contributed by atoms with van der Waals surface area (Å²) in [5.41, 5.74) is -0.485. The van der Waals surface area contributed by atoms with Crippen LogP contribution >= 0.6 is 0 Å². The van der Waals surface area contributed by atoms with Gasteiger partial charge in [-0.3, -0.25) is 4.79 Å². The third-order valence-electron chi connectivity index (χ3n) is 3.21. The predicted octanol–water partition coefficient (Wildman–Crippen LogP) is 1.75. The van der Waals surface area contributed by atoms with Gasteiger partial charge in [0.05, 0.1) is 5.41 Å². The van der Waals surface area contributed by atoms with Gasteiger partial charge >= 0.3 is 5.97 Å². The monoisotopic (exact) mass is 197 g/mol. The van der Waals surface area contributed by atoms with Gasteiger partial charge in [-0.15, -0.1) is 6.58 Å². The topological polar surface area (TPSA) is 40.5 Å². The zero-order valence-electron chi connectivity index (χ0n) is 8.83. The molecule has 0 aromatic rings. The van der Waals surface area contributed by atoms with Gasteiger partial charge in [0.2, 0.25) is 0 Å². The standard InChI is InChI=1S/C11H19NO2/c1-3-5-7-12-8-6-11(4-2,9-12)10(13)14/h3H,1,4-9H2,2H3,(H,13,14). The van der Waals surface area contributed by atoms with Crippen molar-refractivity contribution in [2.24, 2.45) is 5.41 Å². The van der Waals surface area contributed by atoms with Crippen molar-refractivity contribution in [2.75, 3.05) is 19.6 Å². The van der Waals surface area contributed by atoms with Gasteiger partial charge in [0, 0.05) is 13.1 Å². The fourth-order valence-electron chi connectivity index (χ4n) is 2.04. The van der Waals surface area contributed by atoms with Crippen LogP contribution in [0.2, 0.25) is 0 Å². The Bertz CT molecular complexity index is 227. The van der Waals surface area contributed by atoms with E-state index in [-0.39, 0.29) is 0 Å². The lowest BCUT2D eigenvalue weighted by molar-refractivity contribution is -0.148. The Labute approximate surface area is 85.4 Å². The van der Waals surface area contributed by atoms with Crippen molar-refractivity contribution in [1.82, 2.24) is 4.90 Å². The second-order valence-electron chi connectivity index (χ2n) is 4.04. The van der Waals surface area contributed by atoms with Crippen LogP contribution in [-0.2, 0) is 4.79 Å². The number of hydrogen-bond acceptors (Lipinski definition) is 2. The van der Waals surface area contributed by atoms with E-state index >= 15 is 0 Å². The summed E-state index contributed by atoms with van der Waals surface area (Å²) >= 11 is 0. The smallest absolute Gasteiger partial charge is 0.310 e. The van der Waals surface area contributed by atoms with Gasteiger partial charge in [0.15, 0.2) is 0 Å². The number of carboxylic acids is 1. The predicted molar refractivity (Wildman–Crippen MR) is 56.2 cm³/mol. The minimum absolute atomic E-state index is 0.485. The first kappa shape index (κ1) is 11.2. The Balaban J connectivity index is 2.52. The molecule has 0 spiro atoms. The van der Waals surface area contributed by atoms with Crippen LogP contribution in [0.4, 0.5) is 0 Å². The molecule has 1 atom stereocenters. The highest BCUT2D eigenvalue weighted by Gasteiger charge is 2.42. The summed E-state index contributed by atoms with van der Waals surface area (Å²) in [6.45, 7) is 8.19. The third-order valence-corrected chi connectivity index (χ3v) is 3.21. The van der Waals surface area contributed by atoms with Crippen LogP contribution in [0.3, 0.4) is 0 Å². The Morgan fingerprint density at radius 3 is 2.86 bits per heavy atom. The molecule has 3 nitrogen and oxygen atoms in total. The molecule has 1 heterocycles. The molecule has 1 fully saturated rings. The number of aliphatic carboxylic acids is 1. The number of likely N-dealkylation sites (tertiary alicyclic amines) is 1. The highest BCUT2D eigenvalue weighted by Crippen LogP contribution is 2.34. The van der Waals surface area contributed by atoms with E-state index in [1.54, 1.807) is 0 Å². The van der Waals surface area contributed by atoms with Crippen LogP contribution in [0.5, 0.6) is 0 Å². The summed E-state index contributed by atoms with van der Waals surface area (Å²) in [6.07, 6.45) is 4.34. The van der Waals surface area contributed by atoms with Gasteiger partial charge < -0.3 is 10.0 Å². The average molecular weight is 197 g/mol. The first-order valence-corrected chi connectivity index (χ1v) is 5.21. The van der Waals surface area contributed by atoms with Gasteiger partial charge in [-0.05, 0) is 25.8 Å². The van der Waals surface area contributed by atoms with E-state index in [1.807, 2.05) is 13.0 Å².